The Morgan fingerprint density at radius 3 is 2.97 bits per heavy atom. The van der Waals surface area contributed by atoms with Crippen LogP contribution in [0.5, 0.6) is 0 Å². The van der Waals surface area contributed by atoms with Crippen molar-refractivity contribution in [1.29, 1.82) is 0 Å². The minimum Gasteiger partial charge on any atom is -0.399 e. The van der Waals surface area contributed by atoms with Gasteiger partial charge in [0.25, 0.3) is 0 Å². The average Bonchev–Trinajstić information content (AvgIpc) is 3.50. The van der Waals surface area contributed by atoms with Gasteiger partial charge in [0.1, 0.15) is 5.82 Å². The van der Waals surface area contributed by atoms with E-state index in [1.165, 1.54) is 22.3 Å². The largest absolute Gasteiger partial charge is 0.399 e. The van der Waals surface area contributed by atoms with Crippen LogP contribution in [-0.4, -0.2) is 25.2 Å². The maximum Gasteiger partial charge on any atom is 0.155 e. The van der Waals surface area contributed by atoms with Gasteiger partial charge in [-0.2, -0.15) is 0 Å². The van der Waals surface area contributed by atoms with Crippen LogP contribution in [-0.2, 0) is 6.54 Å². The van der Waals surface area contributed by atoms with Gasteiger partial charge in [0, 0.05) is 22.4 Å². The third-order valence-corrected chi connectivity index (χ3v) is 8.74. The third kappa shape index (κ3) is 4.28. The normalized spacial score (nSPS) is 20.4. The van der Waals surface area contributed by atoms with Gasteiger partial charge in [0.15, 0.2) is 5.82 Å². The fourth-order valence-corrected chi connectivity index (χ4v) is 6.86. The summed E-state index contributed by atoms with van der Waals surface area (Å²) < 4.78 is 16.9. The Balaban J connectivity index is 1.33. The zero-order valence-electron chi connectivity index (χ0n) is 18.1. The molecule has 0 amide bonds. The Kier molecular flexibility index (Phi) is 6.19. The highest BCUT2D eigenvalue weighted by Gasteiger charge is 2.31. The van der Waals surface area contributed by atoms with E-state index in [9.17, 15) is 4.39 Å². The Morgan fingerprint density at radius 1 is 1.25 bits per heavy atom. The summed E-state index contributed by atoms with van der Waals surface area (Å²) in [7, 11) is 0. The molecule has 1 aromatic carbocycles. The first kappa shape index (κ1) is 21.5. The molecular weight excluding hydrogens is 443 g/mol. The number of benzene rings is 1. The summed E-state index contributed by atoms with van der Waals surface area (Å²) >= 11 is 3.22. The van der Waals surface area contributed by atoms with Gasteiger partial charge in [-0.05, 0) is 72.0 Å². The van der Waals surface area contributed by atoms with E-state index in [1.54, 1.807) is 17.4 Å². The van der Waals surface area contributed by atoms with E-state index < -0.39 is 0 Å². The quantitative estimate of drug-likeness (QED) is 0.277. The molecule has 0 bridgehead atoms. The fraction of sp³-hybridized carbons (Fsp3) is 0.478. The van der Waals surface area contributed by atoms with Gasteiger partial charge in [0.2, 0.25) is 0 Å². The van der Waals surface area contributed by atoms with E-state index in [2.05, 4.69) is 40.0 Å². The fourth-order valence-electron chi connectivity index (χ4n) is 5.05. The highest BCUT2D eigenvalue weighted by molar-refractivity contribution is 7.18. The minimum absolute atomic E-state index is 0.265. The van der Waals surface area contributed by atoms with Crippen LogP contribution in [0.25, 0.3) is 10.2 Å². The van der Waals surface area contributed by atoms with Crippen molar-refractivity contribution in [1.82, 2.24) is 25.2 Å². The molecule has 1 aliphatic rings. The molecule has 3 atom stereocenters. The average molecular weight is 471 g/mol. The standard InChI is InChI=1S/C23H27FN6S2/c1-2-18(22-27-28-29-30(22)13-17-7-4-10-31-17)14-5-3-6-15(9-8-14)23-26-20-12-16(25)11-19(24)21(20)32-23/h4,7,10-12,14-15,18H,2-3,5-6,8-9,13,25H2,1H3. The van der Waals surface area contributed by atoms with Gasteiger partial charge in [-0.1, -0.05) is 19.4 Å². The van der Waals surface area contributed by atoms with Crippen molar-refractivity contribution in [3.63, 3.8) is 0 Å². The van der Waals surface area contributed by atoms with Gasteiger partial charge in [0.05, 0.1) is 21.8 Å². The van der Waals surface area contributed by atoms with E-state index in [0.717, 1.165) is 55.9 Å². The summed E-state index contributed by atoms with van der Waals surface area (Å²) in [6.07, 6.45) is 6.57. The summed E-state index contributed by atoms with van der Waals surface area (Å²) in [5.74, 6) is 1.99. The molecule has 1 aliphatic carbocycles. The van der Waals surface area contributed by atoms with Crippen LogP contribution < -0.4 is 5.73 Å². The highest BCUT2D eigenvalue weighted by Crippen LogP contribution is 2.43. The molecule has 9 heteroatoms. The molecular formula is C23H27FN6S2. The zero-order chi connectivity index (χ0) is 22.1. The van der Waals surface area contributed by atoms with E-state index in [0.29, 0.717) is 33.7 Å². The first-order valence-electron chi connectivity index (χ1n) is 11.3. The lowest BCUT2D eigenvalue weighted by molar-refractivity contribution is 0.343. The number of nitrogen functional groups attached to an aromatic ring is 1. The Labute approximate surface area is 194 Å². The second kappa shape index (κ2) is 9.23. The number of rotatable bonds is 6. The number of hydrogen-bond acceptors (Lipinski definition) is 7. The Morgan fingerprint density at radius 2 is 2.16 bits per heavy atom. The van der Waals surface area contributed by atoms with Gasteiger partial charge in [-0.25, -0.2) is 14.1 Å². The molecule has 0 saturated heterocycles. The predicted octanol–water partition coefficient (Wildman–Crippen LogP) is 5.97. The number of thiophene rings is 1. The number of fused-ring (bicyclic) bond motifs is 1. The van der Waals surface area contributed by atoms with Crippen LogP contribution in [0, 0.1) is 11.7 Å². The number of aromatic nitrogens is 5. The van der Waals surface area contributed by atoms with Gasteiger partial charge in [-0.15, -0.1) is 27.8 Å². The lowest BCUT2D eigenvalue weighted by atomic mass is 9.83. The van der Waals surface area contributed by atoms with Crippen molar-refractivity contribution in [2.45, 2.75) is 63.8 Å². The summed E-state index contributed by atoms with van der Waals surface area (Å²) in [6, 6.07) is 7.36. The molecule has 32 heavy (non-hydrogen) atoms. The van der Waals surface area contributed by atoms with Crippen molar-refractivity contribution in [2.75, 3.05) is 5.73 Å². The van der Waals surface area contributed by atoms with Crippen LogP contribution in [0.3, 0.4) is 0 Å². The van der Waals surface area contributed by atoms with Crippen LogP contribution in [0.1, 0.15) is 73.0 Å². The van der Waals surface area contributed by atoms with Crippen LogP contribution in [0.15, 0.2) is 29.6 Å². The number of thiazole rings is 1. The number of halogens is 1. The topological polar surface area (TPSA) is 82.5 Å². The molecule has 3 heterocycles. The maximum absolute atomic E-state index is 14.3. The van der Waals surface area contributed by atoms with Crippen LogP contribution in [0.2, 0.25) is 0 Å². The van der Waals surface area contributed by atoms with Crippen molar-refractivity contribution in [3.8, 4) is 0 Å². The summed E-state index contributed by atoms with van der Waals surface area (Å²) in [5.41, 5.74) is 6.92. The van der Waals surface area contributed by atoms with E-state index in [-0.39, 0.29) is 5.82 Å². The number of nitrogens with zero attached hydrogens (tertiary/aromatic N) is 5. The molecule has 6 nitrogen and oxygen atoms in total. The molecule has 4 aromatic rings. The Hall–Kier alpha value is -2.39. The number of tetrazole rings is 1. The molecule has 168 valence electrons. The van der Waals surface area contributed by atoms with Crippen molar-refractivity contribution in [2.24, 2.45) is 5.92 Å². The summed E-state index contributed by atoms with van der Waals surface area (Å²) in [6.45, 7) is 2.96. The van der Waals surface area contributed by atoms with Crippen molar-refractivity contribution < 1.29 is 4.39 Å². The summed E-state index contributed by atoms with van der Waals surface area (Å²) in [5, 5.41) is 15.9. The number of anilines is 1. The first-order valence-corrected chi connectivity index (χ1v) is 13.0. The van der Waals surface area contributed by atoms with Crippen LogP contribution in [0.4, 0.5) is 10.1 Å². The third-order valence-electron chi connectivity index (χ3n) is 6.63. The molecule has 0 spiro atoms. The minimum atomic E-state index is -0.265. The van der Waals surface area contributed by atoms with E-state index in [4.69, 9.17) is 10.7 Å². The Bertz CT molecular complexity index is 1180. The smallest absolute Gasteiger partial charge is 0.155 e. The second-order valence-corrected chi connectivity index (χ2v) is 10.7. The molecule has 3 unspecified atom stereocenters. The van der Waals surface area contributed by atoms with E-state index >= 15 is 0 Å². The molecule has 1 fully saturated rings. The van der Waals surface area contributed by atoms with Gasteiger partial charge in [-0.3, -0.25) is 0 Å². The first-order chi connectivity index (χ1) is 15.6. The van der Waals surface area contributed by atoms with E-state index in [1.807, 2.05) is 4.68 Å². The molecule has 0 aliphatic heterocycles. The monoisotopic (exact) mass is 470 g/mol. The molecule has 1 saturated carbocycles. The van der Waals surface area contributed by atoms with Gasteiger partial charge < -0.3 is 5.73 Å². The second-order valence-electron chi connectivity index (χ2n) is 8.66. The zero-order valence-corrected chi connectivity index (χ0v) is 19.7. The van der Waals surface area contributed by atoms with Crippen LogP contribution >= 0.6 is 22.7 Å². The van der Waals surface area contributed by atoms with Gasteiger partial charge >= 0.3 is 0 Å². The number of nitrogens with two attached hydrogens (primary N) is 1. The maximum atomic E-state index is 14.3. The molecule has 5 rings (SSSR count). The lowest BCUT2D eigenvalue weighted by Crippen LogP contribution is -2.18. The predicted molar refractivity (Wildman–Crippen MR) is 128 cm³/mol. The number of hydrogen-bond donors (Lipinski definition) is 1. The SMILES string of the molecule is CCC(c1nnnn1Cc1cccs1)C1CCCC(c2nc3cc(N)cc(F)c3s2)CC1. The van der Waals surface area contributed by atoms with Crippen molar-refractivity contribution in [3.05, 3.63) is 51.2 Å². The molecule has 3 aromatic heterocycles. The lowest BCUT2D eigenvalue weighted by Gasteiger charge is -2.24. The highest BCUT2D eigenvalue weighted by atomic mass is 32.1. The summed E-state index contributed by atoms with van der Waals surface area (Å²) in [4.78, 5) is 6.02. The molecule has 2 N–H and O–H groups in total. The van der Waals surface area contributed by atoms with Crippen molar-refractivity contribution >= 4 is 38.6 Å². The molecule has 0 radical (unpaired) electrons.